The Bertz CT molecular complexity index is 344. The summed E-state index contributed by atoms with van der Waals surface area (Å²) < 4.78 is 23.9. The summed E-state index contributed by atoms with van der Waals surface area (Å²) in [5, 5.41) is 0. The van der Waals surface area contributed by atoms with Gasteiger partial charge in [-0.05, 0) is 30.1 Å². The van der Waals surface area contributed by atoms with Gasteiger partial charge in [-0.1, -0.05) is 20.8 Å². The van der Waals surface area contributed by atoms with Crippen LogP contribution in [-0.2, 0) is 9.63 Å². The predicted molar refractivity (Wildman–Crippen MR) is 67.6 cm³/mol. The molecule has 4 nitrogen and oxygen atoms in total. The number of aliphatic imine (C=N–C) groups is 1. The third kappa shape index (κ3) is 5.76. The molecule has 1 rings (SSSR count). The molecule has 1 saturated carbocycles. The van der Waals surface area contributed by atoms with Gasteiger partial charge in [-0.25, -0.2) is 24.0 Å². The zero-order chi connectivity index (χ0) is 14.5. The van der Waals surface area contributed by atoms with E-state index in [9.17, 15) is 13.6 Å². The van der Waals surface area contributed by atoms with Crippen molar-refractivity contribution in [1.29, 1.82) is 0 Å². The van der Waals surface area contributed by atoms with Crippen molar-refractivity contribution in [2.75, 3.05) is 13.2 Å². The fourth-order valence-electron chi connectivity index (χ4n) is 3.23. The molecule has 0 aromatic rings. The monoisotopic (exact) mass is 276 g/mol. The zero-order valence-corrected chi connectivity index (χ0v) is 11.7. The van der Waals surface area contributed by atoms with Gasteiger partial charge in [-0.15, -0.1) is 0 Å². The van der Waals surface area contributed by atoms with E-state index in [4.69, 9.17) is 4.84 Å². The minimum atomic E-state index is -2.48. The van der Waals surface area contributed by atoms with E-state index in [0.29, 0.717) is 6.54 Å². The molecule has 1 aliphatic carbocycles. The molecule has 1 aliphatic rings. The SMILES string of the molecule is CC1(C)CC(N=C=O)CC(C)(CNOCC(F)F)C1. The van der Waals surface area contributed by atoms with Gasteiger partial charge in [0.25, 0.3) is 6.43 Å². The molecule has 2 atom stereocenters. The Balaban J connectivity index is 2.55. The number of hydroxylamine groups is 1. The van der Waals surface area contributed by atoms with Crippen LogP contribution in [0.3, 0.4) is 0 Å². The molecule has 0 bridgehead atoms. The lowest BCUT2D eigenvalue weighted by Gasteiger charge is -2.45. The second-order valence-corrected chi connectivity index (χ2v) is 6.46. The Labute approximate surface area is 112 Å². The molecule has 1 fully saturated rings. The number of hydrogen-bond donors (Lipinski definition) is 1. The highest BCUT2D eigenvalue weighted by molar-refractivity contribution is 5.33. The lowest BCUT2D eigenvalue weighted by Crippen LogP contribution is -2.43. The van der Waals surface area contributed by atoms with Crippen molar-refractivity contribution in [3.63, 3.8) is 0 Å². The average Bonchev–Trinajstić information content (AvgIpc) is 2.22. The summed E-state index contributed by atoms with van der Waals surface area (Å²) in [4.78, 5) is 19.0. The summed E-state index contributed by atoms with van der Waals surface area (Å²) in [5.74, 6) is 0. The first-order valence-electron chi connectivity index (χ1n) is 6.46. The number of nitrogens with zero attached hydrogens (tertiary/aromatic N) is 1. The molecule has 6 heteroatoms. The Morgan fingerprint density at radius 3 is 2.68 bits per heavy atom. The molecule has 110 valence electrons. The number of carbonyl (C=O) groups excluding carboxylic acids is 1. The van der Waals surface area contributed by atoms with Gasteiger partial charge in [-0.2, -0.15) is 0 Å². The van der Waals surface area contributed by atoms with Crippen LogP contribution >= 0.6 is 0 Å². The van der Waals surface area contributed by atoms with E-state index in [2.05, 4.69) is 31.2 Å². The van der Waals surface area contributed by atoms with Crippen LogP contribution in [0.1, 0.15) is 40.0 Å². The molecule has 19 heavy (non-hydrogen) atoms. The molecule has 0 saturated heterocycles. The highest BCUT2D eigenvalue weighted by Gasteiger charge is 2.41. The van der Waals surface area contributed by atoms with Crippen molar-refractivity contribution in [2.24, 2.45) is 15.8 Å². The minimum absolute atomic E-state index is 0.0526. The molecule has 0 amide bonds. The largest absolute Gasteiger partial charge is 0.296 e. The van der Waals surface area contributed by atoms with E-state index in [1.165, 1.54) is 0 Å². The van der Waals surface area contributed by atoms with E-state index in [1.807, 2.05) is 0 Å². The highest BCUT2D eigenvalue weighted by atomic mass is 19.3. The molecule has 0 aromatic carbocycles. The van der Waals surface area contributed by atoms with Crippen LogP contribution in [-0.4, -0.2) is 31.7 Å². The maximum absolute atomic E-state index is 12.0. The minimum Gasteiger partial charge on any atom is -0.296 e. The molecule has 1 N–H and O–H groups in total. The number of halogens is 2. The number of hydrogen-bond acceptors (Lipinski definition) is 4. The van der Waals surface area contributed by atoms with Crippen molar-refractivity contribution >= 4 is 6.08 Å². The van der Waals surface area contributed by atoms with Crippen molar-refractivity contribution in [2.45, 2.75) is 52.5 Å². The van der Waals surface area contributed by atoms with Crippen LogP contribution in [0.4, 0.5) is 8.78 Å². The van der Waals surface area contributed by atoms with Crippen LogP contribution in [0.25, 0.3) is 0 Å². The molecule has 0 spiro atoms. The average molecular weight is 276 g/mol. The van der Waals surface area contributed by atoms with Gasteiger partial charge >= 0.3 is 0 Å². The van der Waals surface area contributed by atoms with Crippen LogP contribution in [0.2, 0.25) is 0 Å². The maximum atomic E-state index is 12.0. The van der Waals surface area contributed by atoms with Gasteiger partial charge < -0.3 is 0 Å². The Hall–Kier alpha value is -0.840. The Morgan fingerprint density at radius 2 is 2.11 bits per heavy atom. The van der Waals surface area contributed by atoms with E-state index in [1.54, 1.807) is 6.08 Å². The third-order valence-corrected chi connectivity index (χ3v) is 3.47. The quantitative estimate of drug-likeness (QED) is 0.351. The molecular weight excluding hydrogens is 254 g/mol. The summed E-state index contributed by atoms with van der Waals surface area (Å²) >= 11 is 0. The summed E-state index contributed by atoms with van der Waals surface area (Å²) in [6.45, 7) is 6.15. The van der Waals surface area contributed by atoms with Crippen LogP contribution < -0.4 is 5.48 Å². The highest BCUT2D eigenvalue weighted by Crippen LogP contribution is 2.46. The van der Waals surface area contributed by atoms with Gasteiger partial charge in [-0.3, -0.25) is 4.84 Å². The summed E-state index contributed by atoms with van der Waals surface area (Å²) in [6.07, 6.45) is 1.65. The lowest BCUT2D eigenvalue weighted by atomic mass is 9.63. The van der Waals surface area contributed by atoms with E-state index in [-0.39, 0.29) is 16.9 Å². The summed E-state index contributed by atoms with van der Waals surface area (Å²) in [6, 6.07) is -0.0526. The van der Waals surface area contributed by atoms with Crippen molar-refractivity contribution in [1.82, 2.24) is 5.48 Å². The first kappa shape index (κ1) is 16.2. The first-order chi connectivity index (χ1) is 8.76. The molecule has 0 heterocycles. The lowest BCUT2D eigenvalue weighted by molar-refractivity contribution is -0.0542. The summed E-state index contributed by atoms with van der Waals surface area (Å²) in [7, 11) is 0. The smallest absolute Gasteiger partial charge is 0.263 e. The van der Waals surface area contributed by atoms with Gasteiger partial charge in [0.15, 0.2) is 0 Å². The topological polar surface area (TPSA) is 50.7 Å². The molecule has 0 radical (unpaired) electrons. The van der Waals surface area contributed by atoms with Gasteiger partial charge in [0.05, 0.1) is 6.04 Å². The van der Waals surface area contributed by atoms with Gasteiger partial charge in [0, 0.05) is 6.54 Å². The second kappa shape index (κ2) is 6.55. The predicted octanol–water partition coefficient (Wildman–Crippen LogP) is 2.69. The van der Waals surface area contributed by atoms with Crippen LogP contribution in [0.15, 0.2) is 4.99 Å². The third-order valence-electron chi connectivity index (χ3n) is 3.47. The first-order valence-corrected chi connectivity index (χ1v) is 6.46. The summed E-state index contributed by atoms with van der Waals surface area (Å²) in [5.41, 5.74) is 2.54. The van der Waals surface area contributed by atoms with E-state index >= 15 is 0 Å². The Morgan fingerprint density at radius 1 is 1.42 bits per heavy atom. The molecular formula is C13H22F2N2O2. The second-order valence-electron chi connectivity index (χ2n) is 6.46. The normalized spacial score (nSPS) is 30.1. The number of rotatable bonds is 6. The van der Waals surface area contributed by atoms with Crippen molar-refractivity contribution < 1.29 is 18.4 Å². The van der Waals surface area contributed by atoms with Crippen molar-refractivity contribution in [3.8, 4) is 0 Å². The van der Waals surface area contributed by atoms with Crippen molar-refractivity contribution in [3.05, 3.63) is 0 Å². The van der Waals surface area contributed by atoms with Crippen LogP contribution in [0.5, 0.6) is 0 Å². The van der Waals surface area contributed by atoms with Gasteiger partial charge in [0.1, 0.15) is 6.61 Å². The Kier molecular flexibility index (Phi) is 5.59. The van der Waals surface area contributed by atoms with Gasteiger partial charge in [0.2, 0.25) is 6.08 Å². The standard InChI is InChI=1S/C13H22F2N2O2/c1-12(2)4-10(16-9-18)5-13(3,7-12)8-17-19-6-11(14)15/h10-11,17H,4-8H2,1-3H3. The fraction of sp³-hybridized carbons (Fsp3) is 0.923. The van der Waals surface area contributed by atoms with E-state index < -0.39 is 13.0 Å². The molecule has 0 aliphatic heterocycles. The van der Waals surface area contributed by atoms with Crippen LogP contribution in [0, 0.1) is 10.8 Å². The number of alkyl halides is 2. The number of isocyanates is 1. The molecule has 2 unspecified atom stereocenters. The fourth-order valence-corrected chi connectivity index (χ4v) is 3.23. The maximum Gasteiger partial charge on any atom is 0.263 e. The molecule has 0 aromatic heterocycles. The zero-order valence-electron chi connectivity index (χ0n) is 11.7. The number of nitrogens with one attached hydrogen (secondary N) is 1. The van der Waals surface area contributed by atoms with E-state index in [0.717, 1.165) is 19.3 Å².